The van der Waals surface area contributed by atoms with Gasteiger partial charge < -0.3 is 21.7 Å². The number of benzene rings is 1. The van der Waals surface area contributed by atoms with Gasteiger partial charge in [0.1, 0.15) is 0 Å². The van der Waals surface area contributed by atoms with Crippen LogP contribution in [0.25, 0.3) is 0 Å². The first-order valence-electron chi connectivity index (χ1n) is 6.79. The van der Waals surface area contributed by atoms with E-state index in [0.717, 1.165) is 31.5 Å². The quantitative estimate of drug-likeness (QED) is 0.638. The molecule has 0 aromatic heterocycles. The molecule has 1 aliphatic heterocycles. The van der Waals surface area contributed by atoms with Crippen molar-refractivity contribution in [3.63, 3.8) is 0 Å². The van der Waals surface area contributed by atoms with Gasteiger partial charge in [-0.3, -0.25) is 4.79 Å². The van der Waals surface area contributed by atoms with Crippen LogP contribution in [0.2, 0.25) is 0 Å². The molecule has 1 heterocycles. The summed E-state index contributed by atoms with van der Waals surface area (Å²) in [7, 11) is 0. The fourth-order valence-electron chi connectivity index (χ4n) is 2.17. The second kappa shape index (κ2) is 6.91. The Labute approximate surface area is 118 Å². The van der Waals surface area contributed by atoms with Crippen LogP contribution in [-0.2, 0) is 6.54 Å². The normalized spacial score (nSPS) is 15.6. The predicted molar refractivity (Wildman–Crippen MR) is 76.2 cm³/mol. The van der Waals surface area contributed by atoms with Gasteiger partial charge in [-0.25, -0.2) is 4.79 Å². The molecule has 2 rings (SSSR count). The lowest BCUT2D eigenvalue weighted by Gasteiger charge is -2.23. The highest BCUT2D eigenvalue weighted by Gasteiger charge is 2.14. The Kier molecular flexibility index (Phi) is 4.95. The first kappa shape index (κ1) is 14.3. The Balaban J connectivity index is 1.76. The first-order chi connectivity index (χ1) is 9.65. The van der Waals surface area contributed by atoms with Crippen LogP contribution in [0.15, 0.2) is 24.3 Å². The maximum absolute atomic E-state index is 11.7. The van der Waals surface area contributed by atoms with Gasteiger partial charge in [-0.1, -0.05) is 12.1 Å². The van der Waals surface area contributed by atoms with Crippen LogP contribution in [0.1, 0.15) is 28.8 Å². The second-order valence-corrected chi connectivity index (χ2v) is 4.91. The first-order valence-corrected chi connectivity index (χ1v) is 6.79. The molecule has 0 aliphatic carbocycles. The topological polar surface area (TPSA) is 96.2 Å². The molecule has 0 saturated carbocycles. The summed E-state index contributed by atoms with van der Waals surface area (Å²) in [4.78, 5) is 22.7. The zero-order chi connectivity index (χ0) is 14.4. The minimum atomic E-state index is -0.451. The van der Waals surface area contributed by atoms with E-state index in [2.05, 4.69) is 16.0 Å². The summed E-state index contributed by atoms with van der Waals surface area (Å²) in [5.41, 5.74) is 6.56. The van der Waals surface area contributed by atoms with E-state index in [9.17, 15) is 9.59 Å². The number of carbonyl (C=O) groups excluding carboxylic acids is 2. The van der Waals surface area contributed by atoms with Crippen LogP contribution in [0.4, 0.5) is 4.79 Å². The van der Waals surface area contributed by atoms with Crippen molar-refractivity contribution in [1.29, 1.82) is 0 Å². The second-order valence-electron chi connectivity index (χ2n) is 4.91. The van der Waals surface area contributed by atoms with Gasteiger partial charge in [-0.05, 0) is 43.6 Å². The average Bonchev–Trinajstić information content (AvgIpc) is 2.46. The molecule has 1 saturated heterocycles. The van der Waals surface area contributed by atoms with Gasteiger partial charge in [-0.2, -0.15) is 0 Å². The third-order valence-electron chi connectivity index (χ3n) is 3.37. The molecular weight excluding hydrogens is 256 g/mol. The number of hydrogen-bond acceptors (Lipinski definition) is 3. The minimum absolute atomic E-state index is 0.157. The van der Waals surface area contributed by atoms with Gasteiger partial charge in [-0.15, -0.1) is 0 Å². The van der Waals surface area contributed by atoms with Crippen LogP contribution in [0, 0.1) is 0 Å². The molecule has 0 unspecified atom stereocenters. The van der Waals surface area contributed by atoms with Crippen LogP contribution in [0.3, 0.4) is 0 Å². The van der Waals surface area contributed by atoms with Crippen molar-refractivity contribution in [3.8, 4) is 0 Å². The van der Waals surface area contributed by atoms with Gasteiger partial charge in [0.05, 0.1) is 0 Å². The van der Waals surface area contributed by atoms with E-state index in [4.69, 9.17) is 5.73 Å². The van der Waals surface area contributed by atoms with Crippen molar-refractivity contribution < 1.29 is 9.59 Å². The highest BCUT2D eigenvalue weighted by atomic mass is 16.2. The summed E-state index contributed by atoms with van der Waals surface area (Å²) in [5, 5.41) is 9.01. The van der Waals surface area contributed by atoms with Crippen LogP contribution < -0.4 is 21.7 Å². The lowest BCUT2D eigenvalue weighted by Crippen LogP contribution is -2.46. The summed E-state index contributed by atoms with van der Waals surface area (Å²) >= 11 is 0. The number of carbonyl (C=O) groups is 2. The third kappa shape index (κ3) is 4.24. The standard InChI is InChI=1S/C14H20N4O2/c15-13(19)11-3-1-10(2-4-11)9-17-14(20)18-12-5-7-16-8-6-12/h1-4,12,16H,5-9H2,(H2,15,19)(H2,17,18,20). The largest absolute Gasteiger partial charge is 0.366 e. The summed E-state index contributed by atoms with van der Waals surface area (Å²) in [5.74, 6) is -0.451. The Morgan fingerprint density at radius 3 is 2.45 bits per heavy atom. The van der Waals surface area contributed by atoms with Crippen molar-refractivity contribution >= 4 is 11.9 Å². The van der Waals surface area contributed by atoms with Crippen molar-refractivity contribution in [2.24, 2.45) is 5.73 Å². The van der Waals surface area contributed by atoms with Gasteiger partial charge in [0.25, 0.3) is 0 Å². The number of hydrogen-bond donors (Lipinski definition) is 4. The number of primary amides is 1. The Hall–Kier alpha value is -2.08. The molecule has 6 heteroatoms. The Morgan fingerprint density at radius 2 is 1.85 bits per heavy atom. The van der Waals surface area contributed by atoms with Gasteiger partial charge >= 0.3 is 6.03 Å². The van der Waals surface area contributed by atoms with Crippen molar-refractivity contribution in [2.45, 2.75) is 25.4 Å². The van der Waals surface area contributed by atoms with Crippen molar-refractivity contribution in [2.75, 3.05) is 13.1 Å². The lowest BCUT2D eigenvalue weighted by atomic mass is 10.1. The molecule has 3 amide bonds. The zero-order valence-electron chi connectivity index (χ0n) is 11.3. The summed E-state index contributed by atoms with van der Waals surface area (Å²) in [6.45, 7) is 2.31. The molecule has 108 valence electrons. The minimum Gasteiger partial charge on any atom is -0.366 e. The Morgan fingerprint density at radius 1 is 1.20 bits per heavy atom. The smallest absolute Gasteiger partial charge is 0.315 e. The molecule has 1 fully saturated rings. The highest BCUT2D eigenvalue weighted by molar-refractivity contribution is 5.92. The Bertz CT molecular complexity index is 467. The predicted octanol–water partition coefficient (Wildman–Crippen LogP) is 0.337. The molecule has 1 aromatic rings. The molecule has 0 atom stereocenters. The number of piperidine rings is 1. The molecule has 0 bridgehead atoms. The molecule has 5 N–H and O–H groups in total. The number of nitrogens with two attached hydrogens (primary N) is 1. The lowest BCUT2D eigenvalue weighted by molar-refractivity contribution is 0.1000. The van der Waals surface area contributed by atoms with E-state index in [-0.39, 0.29) is 12.1 Å². The molecule has 0 radical (unpaired) electrons. The van der Waals surface area contributed by atoms with Crippen molar-refractivity contribution in [1.82, 2.24) is 16.0 Å². The number of nitrogens with one attached hydrogen (secondary N) is 3. The summed E-state index contributed by atoms with van der Waals surface area (Å²) in [6, 6.07) is 6.97. The van der Waals surface area contributed by atoms with E-state index in [1.165, 1.54) is 0 Å². The van der Waals surface area contributed by atoms with E-state index < -0.39 is 5.91 Å². The SMILES string of the molecule is NC(=O)c1ccc(CNC(=O)NC2CCNCC2)cc1. The van der Waals surface area contributed by atoms with E-state index >= 15 is 0 Å². The molecule has 1 aromatic carbocycles. The number of urea groups is 1. The van der Waals surface area contributed by atoms with E-state index in [1.54, 1.807) is 24.3 Å². The van der Waals surface area contributed by atoms with Crippen molar-refractivity contribution in [3.05, 3.63) is 35.4 Å². The monoisotopic (exact) mass is 276 g/mol. The van der Waals surface area contributed by atoms with E-state index in [0.29, 0.717) is 12.1 Å². The average molecular weight is 276 g/mol. The van der Waals surface area contributed by atoms with Crippen LogP contribution >= 0.6 is 0 Å². The van der Waals surface area contributed by atoms with Gasteiger partial charge in [0.2, 0.25) is 5.91 Å². The summed E-state index contributed by atoms with van der Waals surface area (Å²) in [6.07, 6.45) is 1.92. The molecule has 6 nitrogen and oxygen atoms in total. The third-order valence-corrected chi connectivity index (χ3v) is 3.37. The summed E-state index contributed by atoms with van der Waals surface area (Å²) < 4.78 is 0. The molecule has 0 spiro atoms. The molecular formula is C14H20N4O2. The highest BCUT2D eigenvalue weighted by Crippen LogP contribution is 2.04. The van der Waals surface area contributed by atoms with Gasteiger partial charge in [0, 0.05) is 18.2 Å². The molecule has 20 heavy (non-hydrogen) atoms. The number of amides is 3. The zero-order valence-corrected chi connectivity index (χ0v) is 11.3. The maximum atomic E-state index is 11.7. The molecule has 1 aliphatic rings. The van der Waals surface area contributed by atoms with Gasteiger partial charge in [0.15, 0.2) is 0 Å². The number of rotatable bonds is 4. The fourth-order valence-corrected chi connectivity index (χ4v) is 2.17. The fraction of sp³-hybridized carbons (Fsp3) is 0.429. The van der Waals surface area contributed by atoms with Crippen LogP contribution in [0.5, 0.6) is 0 Å². The maximum Gasteiger partial charge on any atom is 0.315 e. The van der Waals surface area contributed by atoms with Crippen LogP contribution in [-0.4, -0.2) is 31.1 Å². The van der Waals surface area contributed by atoms with E-state index in [1.807, 2.05) is 0 Å².